The van der Waals surface area contributed by atoms with Crippen LogP contribution < -0.4 is 10.6 Å². The highest BCUT2D eigenvalue weighted by Gasteiger charge is 2.32. The van der Waals surface area contributed by atoms with Crippen molar-refractivity contribution in [3.8, 4) is 6.07 Å². The Hall–Kier alpha value is -1.65. The van der Waals surface area contributed by atoms with Crippen LogP contribution in [-0.2, 0) is 12.8 Å². The van der Waals surface area contributed by atoms with Gasteiger partial charge in [-0.05, 0) is 66.6 Å². The van der Waals surface area contributed by atoms with Crippen molar-refractivity contribution in [2.75, 3.05) is 5.32 Å². The van der Waals surface area contributed by atoms with Crippen LogP contribution in [0.1, 0.15) is 53.6 Å². The molecule has 1 atom stereocenters. The Morgan fingerprint density at radius 1 is 1.31 bits per heavy atom. The molecule has 2 aromatic rings. The molecule has 0 unspecified atom stereocenters. The topological polar surface area (TPSA) is 64.9 Å². The number of fused-ring (bicyclic) bond motifs is 1. The molecule has 29 heavy (non-hydrogen) atoms. The molecule has 0 spiro atoms. The van der Waals surface area contributed by atoms with E-state index in [4.69, 9.17) is 35.4 Å². The number of thiophene rings is 1. The summed E-state index contributed by atoms with van der Waals surface area (Å²) in [6, 6.07) is 6.92. The average molecular weight is 466 g/mol. The van der Waals surface area contributed by atoms with E-state index >= 15 is 0 Å². The van der Waals surface area contributed by atoms with Crippen molar-refractivity contribution in [2.24, 2.45) is 11.3 Å². The summed E-state index contributed by atoms with van der Waals surface area (Å²) in [5.41, 5.74) is 2.32. The Bertz CT molecular complexity index is 1020. The molecule has 0 bridgehead atoms. The van der Waals surface area contributed by atoms with Crippen molar-refractivity contribution in [1.29, 1.82) is 5.26 Å². The number of hydrogen-bond acceptors (Lipinski definition) is 4. The number of amides is 1. The Kier molecular flexibility index (Phi) is 6.54. The van der Waals surface area contributed by atoms with E-state index in [0.29, 0.717) is 32.1 Å². The zero-order chi connectivity index (χ0) is 21.3. The number of nitriles is 1. The van der Waals surface area contributed by atoms with Crippen molar-refractivity contribution < 1.29 is 4.79 Å². The molecule has 2 N–H and O–H groups in total. The fraction of sp³-hybridized carbons (Fsp3) is 0.381. The first-order valence-corrected chi connectivity index (χ1v) is 11.2. The van der Waals surface area contributed by atoms with E-state index in [1.807, 2.05) is 0 Å². The van der Waals surface area contributed by atoms with Crippen molar-refractivity contribution in [1.82, 2.24) is 5.32 Å². The third-order valence-corrected chi connectivity index (χ3v) is 7.35. The second-order valence-electron chi connectivity index (χ2n) is 8.16. The zero-order valence-electron chi connectivity index (χ0n) is 16.4. The summed E-state index contributed by atoms with van der Waals surface area (Å²) in [6.07, 6.45) is 2.92. The quantitative estimate of drug-likeness (QED) is 0.517. The summed E-state index contributed by atoms with van der Waals surface area (Å²) in [5, 5.41) is 16.8. The van der Waals surface area contributed by atoms with Gasteiger partial charge in [0.2, 0.25) is 0 Å². The molecule has 1 aromatic carbocycles. The van der Waals surface area contributed by atoms with Gasteiger partial charge in [-0.3, -0.25) is 10.1 Å². The van der Waals surface area contributed by atoms with Gasteiger partial charge in [-0.25, -0.2) is 0 Å². The Labute approximate surface area is 190 Å². The maximum Gasteiger partial charge on any atom is 0.257 e. The molecule has 0 fully saturated rings. The van der Waals surface area contributed by atoms with Crippen molar-refractivity contribution >= 4 is 62.8 Å². The molecule has 1 amide bonds. The third kappa shape index (κ3) is 4.92. The van der Waals surface area contributed by atoms with Crippen LogP contribution in [0.25, 0.3) is 0 Å². The molecule has 0 aliphatic heterocycles. The molecule has 8 heteroatoms. The lowest BCUT2D eigenvalue weighted by Gasteiger charge is -2.33. The van der Waals surface area contributed by atoms with E-state index in [9.17, 15) is 10.1 Å². The largest absolute Gasteiger partial charge is 0.323 e. The molecule has 1 aromatic heterocycles. The minimum absolute atomic E-state index is 0.142. The molecular weight excluding hydrogens is 445 g/mol. The highest BCUT2D eigenvalue weighted by atomic mass is 35.5. The van der Waals surface area contributed by atoms with Gasteiger partial charge in [-0.2, -0.15) is 5.26 Å². The van der Waals surface area contributed by atoms with Gasteiger partial charge in [0.25, 0.3) is 5.91 Å². The number of rotatable bonds is 2. The normalized spacial score (nSPS) is 15.9. The van der Waals surface area contributed by atoms with E-state index < -0.39 is 5.91 Å². The summed E-state index contributed by atoms with van der Waals surface area (Å²) in [4.78, 5) is 13.6. The van der Waals surface area contributed by atoms with E-state index in [1.54, 1.807) is 23.5 Å². The summed E-state index contributed by atoms with van der Waals surface area (Å²) in [6.45, 7) is 6.77. The van der Waals surface area contributed by atoms with Crippen molar-refractivity contribution in [3.05, 3.63) is 49.8 Å². The Morgan fingerprint density at radius 3 is 2.66 bits per heavy atom. The van der Waals surface area contributed by atoms with Gasteiger partial charge in [0.1, 0.15) is 11.1 Å². The second-order valence-corrected chi connectivity index (χ2v) is 10.5. The number of nitrogens with zero attached hydrogens (tertiary/aromatic N) is 1. The predicted octanol–water partition coefficient (Wildman–Crippen LogP) is 6.20. The molecular formula is C21H21Cl2N3OS2. The van der Waals surface area contributed by atoms with Crippen LogP contribution in [0, 0.1) is 22.7 Å². The molecule has 0 saturated heterocycles. The Balaban J connectivity index is 1.74. The van der Waals surface area contributed by atoms with Crippen molar-refractivity contribution in [3.63, 3.8) is 0 Å². The lowest BCUT2D eigenvalue weighted by molar-refractivity contribution is 0.0977. The molecule has 1 aliphatic carbocycles. The predicted molar refractivity (Wildman–Crippen MR) is 124 cm³/mol. The average Bonchev–Trinajstić information content (AvgIpc) is 2.98. The van der Waals surface area contributed by atoms with Gasteiger partial charge in [0.05, 0.1) is 15.6 Å². The van der Waals surface area contributed by atoms with Crippen LogP contribution in [-0.4, -0.2) is 11.0 Å². The van der Waals surface area contributed by atoms with Gasteiger partial charge in [0.15, 0.2) is 5.11 Å². The highest BCUT2D eigenvalue weighted by molar-refractivity contribution is 7.80. The number of carbonyl (C=O) groups is 1. The van der Waals surface area contributed by atoms with Crippen LogP contribution in [0.5, 0.6) is 0 Å². The molecule has 1 aliphatic rings. The number of thiocarbonyl (C=S) groups is 1. The summed E-state index contributed by atoms with van der Waals surface area (Å²) >= 11 is 18.7. The first kappa shape index (κ1) is 22.0. The molecule has 1 heterocycles. The highest BCUT2D eigenvalue weighted by Crippen LogP contribution is 2.43. The molecule has 0 radical (unpaired) electrons. The van der Waals surface area contributed by atoms with Crippen LogP contribution >= 0.6 is 46.8 Å². The molecule has 0 saturated carbocycles. The van der Waals surface area contributed by atoms with E-state index in [-0.39, 0.29) is 10.5 Å². The fourth-order valence-electron chi connectivity index (χ4n) is 3.48. The number of halogens is 2. The van der Waals surface area contributed by atoms with E-state index in [1.165, 1.54) is 10.9 Å². The van der Waals surface area contributed by atoms with Gasteiger partial charge >= 0.3 is 0 Å². The standard InChI is InChI=1S/C21H21Cl2N3OS2/c1-21(2,3)12-5-6-13-14(10-24)19(29-17(13)9-12)26-20(28)25-18(27)11-4-7-15(22)16(23)8-11/h4,7-8,12H,5-6,9H2,1-3H3,(H2,25,26,27,28)/t12-/m0/s1. The zero-order valence-corrected chi connectivity index (χ0v) is 19.5. The third-order valence-electron chi connectivity index (χ3n) is 5.24. The fourth-order valence-corrected chi connectivity index (χ4v) is 5.32. The maximum absolute atomic E-state index is 12.4. The smallest absolute Gasteiger partial charge is 0.257 e. The van der Waals surface area contributed by atoms with E-state index in [0.717, 1.165) is 24.8 Å². The van der Waals surface area contributed by atoms with Crippen molar-refractivity contribution in [2.45, 2.75) is 40.0 Å². The number of benzene rings is 1. The SMILES string of the molecule is CC(C)(C)[C@H]1CCc2c(sc(NC(=S)NC(=O)c3ccc(Cl)c(Cl)c3)c2C#N)C1. The van der Waals surface area contributed by atoms with Gasteiger partial charge in [-0.1, -0.05) is 44.0 Å². The maximum atomic E-state index is 12.4. The molecule has 4 nitrogen and oxygen atoms in total. The molecule has 3 rings (SSSR count). The number of hydrogen-bond donors (Lipinski definition) is 2. The lowest BCUT2D eigenvalue weighted by Crippen LogP contribution is -2.34. The lowest BCUT2D eigenvalue weighted by atomic mass is 9.72. The van der Waals surface area contributed by atoms with Gasteiger partial charge < -0.3 is 5.32 Å². The first-order valence-electron chi connectivity index (χ1n) is 9.22. The Morgan fingerprint density at radius 2 is 2.03 bits per heavy atom. The first-order chi connectivity index (χ1) is 13.6. The van der Waals surface area contributed by atoms with Crippen LogP contribution in [0.4, 0.5) is 5.00 Å². The summed E-state index contributed by atoms with van der Waals surface area (Å²) < 4.78 is 0. The van der Waals surface area contributed by atoms with Gasteiger partial charge in [0, 0.05) is 10.4 Å². The molecule has 152 valence electrons. The minimum atomic E-state index is -0.395. The van der Waals surface area contributed by atoms with Gasteiger partial charge in [-0.15, -0.1) is 11.3 Å². The monoisotopic (exact) mass is 465 g/mol. The summed E-state index contributed by atoms with van der Waals surface area (Å²) in [7, 11) is 0. The van der Waals surface area contributed by atoms with Crippen LogP contribution in [0.15, 0.2) is 18.2 Å². The number of anilines is 1. The summed E-state index contributed by atoms with van der Waals surface area (Å²) in [5.74, 6) is 0.183. The number of carbonyl (C=O) groups excluding carboxylic acids is 1. The number of nitrogens with one attached hydrogen (secondary N) is 2. The van der Waals surface area contributed by atoms with E-state index in [2.05, 4.69) is 37.5 Å². The van der Waals surface area contributed by atoms with Crippen LogP contribution in [0.3, 0.4) is 0 Å². The second kappa shape index (κ2) is 8.61. The minimum Gasteiger partial charge on any atom is -0.323 e. The van der Waals surface area contributed by atoms with Crippen LogP contribution in [0.2, 0.25) is 10.0 Å².